The van der Waals surface area contributed by atoms with E-state index in [-0.39, 0.29) is 34.7 Å². The first kappa shape index (κ1) is 16.3. The highest BCUT2D eigenvalue weighted by Gasteiger charge is 2.20. The Labute approximate surface area is 150 Å². The van der Waals surface area contributed by atoms with Crippen LogP contribution in [0.3, 0.4) is 0 Å². The van der Waals surface area contributed by atoms with Crippen molar-refractivity contribution in [3.8, 4) is 23.0 Å². The van der Waals surface area contributed by atoms with E-state index < -0.39 is 10.8 Å². The number of anilines is 1. The summed E-state index contributed by atoms with van der Waals surface area (Å²) >= 11 is 0. The van der Waals surface area contributed by atoms with E-state index in [1.54, 1.807) is 24.3 Å². The smallest absolute Gasteiger partial charge is 0.323 e. The number of benzene rings is 1. The van der Waals surface area contributed by atoms with Gasteiger partial charge >= 0.3 is 6.01 Å². The normalized spacial score (nSPS) is 10.7. The average molecular weight is 366 g/mol. The molecule has 4 aromatic rings. The number of nitrogens with zero attached hydrogens (tertiary/aromatic N) is 3. The maximum atomic E-state index is 12.3. The summed E-state index contributed by atoms with van der Waals surface area (Å²) in [6, 6.07) is 12.1. The van der Waals surface area contributed by atoms with Crippen molar-refractivity contribution in [2.75, 3.05) is 5.32 Å². The summed E-state index contributed by atoms with van der Waals surface area (Å²) in [5, 5.41) is 21.0. The third kappa shape index (κ3) is 3.18. The van der Waals surface area contributed by atoms with Crippen LogP contribution < -0.4 is 5.32 Å². The zero-order valence-electron chi connectivity index (χ0n) is 13.5. The van der Waals surface area contributed by atoms with Crippen LogP contribution in [0.1, 0.15) is 10.6 Å². The Morgan fingerprint density at radius 2 is 1.85 bits per heavy atom. The van der Waals surface area contributed by atoms with Gasteiger partial charge in [-0.25, -0.2) is 0 Å². The lowest BCUT2D eigenvalue weighted by molar-refractivity contribution is -0.384. The van der Waals surface area contributed by atoms with Gasteiger partial charge in [0, 0.05) is 6.07 Å². The molecule has 3 aromatic heterocycles. The van der Waals surface area contributed by atoms with Gasteiger partial charge in [-0.2, -0.15) is 0 Å². The van der Waals surface area contributed by atoms with Gasteiger partial charge in [0.1, 0.15) is 5.76 Å². The molecule has 0 spiro atoms. The minimum absolute atomic E-state index is 0.0686. The standard InChI is InChI=1S/C17H10N4O6/c22-15(18-17-20-19-16(27-17)14-6-3-9-25-14)13-8-7-12(26-13)10-4-1-2-5-11(10)21(23)24/h1-9H,(H,18,20,22). The molecule has 10 heteroatoms. The largest absolute Gasteiger partial charge is 0.459 e. The Morgan fingerprint density at radius 1 is 1.00 bits per heavy atom. The summed E-state index contributed by atoms with van der Waals surface area (Å²) in [7, 11) is 0. The SMILES string of the molecule is O=C(Nc1nnc(-c2ccco2)o1)c1ccc(-c2ccccc2[N+](=O)[O-])o1. The molecule has 0 saturated carbocycles. The van der Waals surface area contributed by atoms with Crippen LogP contribution in [-0.4, -0.2) is 21.0 Å². The molecule has 0 bridgehead atoms. The van der Waals surface area contributed by atoms with Crippen molar-refractivity contribution in [1.29, 1.82) is 0 Å². The molecule has 0 atom stereocenters. The number of aromatic nitrogens is 2. The van der Waals surface area contributed by atoms with Gasteiger partial charge in [0.05, 0.1) is 16.7 Å². The zero-order valence-corrected chi connectivity index (χ0v) is 13.5. The second-order valence-electron chi connectivity index (χ2n) is 5.28. The predicted octanol–water partition coefficient (Wildman–Crippen LogP) is 3.75. The number of rotatable bonds is 5. The Bertz CT molecular complexity index is 1110. The molecule has 1 amide bonds. The first-order valence-corrected chi connectivity index (χ1v) is 7.64. The van der Waals surface area contributed by atoms with Crippen molar-refractivity contribution in [3.05, 3.63) is 70.7 Å². The van der Waals surface area contributed by atoms with Gasteiger partial charge in [-0.3, -0.25) is 20.2 Å². The monoisotopic (exact) mass is 366 g/mol. The van der Waals surface area contributed by atoms with E-state index in [4.69, 9.17) is 13.3 Å². The lowest BCUT2D eigenvalue weighted by Gasteiger charge is -1.99. The fourth-order valence-electron chi connectivity index (χ4n) is 2.38. The van der Waals surface area contributed by atoms with Crippen molar-refractivity contribution < 1.29 is 23.0 Å². The Morgan fingerprint density at radius 3 is 2.63 bits per heavy atom. The quantitative estimate of drug-likeness (QED) is 0.416. The van der Waals surface area contributed by atoms with Crippen molar-refractivity contribution in [3.63, 3.8) is 0 Å². The molecule has 0 saturated heterocycles. The van der Waals surface area contributed by atoms with Crippen LogP contribution >= 0.6 is 0 Å². The number of nitro benzene ring substituents is 1. The highest BCUT2D eigenvalue weighted by molar-refractivity contribution is 6.01. The highest BCUT2D eigenvalue weighted by atomic mass is 16.6. The topological polar surface area (TPSA) is 137 Å². The van der Waals surface area contributed by atoms with E-state index in [0.29, 0.717) is 5.76 Å². The van der Waals surface area contributed by atoms with Crippen LogP contribution in [0.2, 0.25) is 0 Å². The number of furan rings is 2. The van der Waals surface area contributed by atoms with Gasteiger partial charge in [0.15, 0.2) is 11.5 Å². The van der Waals surface area contributed by atoms with E-state index in [0.717, 1.165) is 0 Å². The van der Waals surface area contributed by atoms with Crippen LogP contribution in [0.15, 0.2) is 68.0 Å². The zero-order chi connectivity index (χ0) is 18.8. The van der Waals surface area contributed by atoms with E-state index in [1.165, 1.54) is 30.5 Å². The maximum Gasteiger partial charge on any atom is 0.323 e. The number of carbonyl (C=O) groups is 1. The number of nitro groups is 1. The molecular formula is C17H10N4O6. The minimum Gasteiger partial charge on any atom is -0.459 e. The van der Waals surface area contributed by atoms with Crippen LogP contribution in [-0.2, 0) is 0 Å². The fourth-order valence-corrected chi connectivity index (χ4v) is 2.38. The lowest BCUT2D eigenvalue weighted by atomic mass is 10.1. The second kappa shape index (κ2) is 6.59. The number of amides is 1. The van der Waals surface area contributed by atoms with Gasteiger partial charge in [-0.15, -0.1) is 5.10 Å². The third-order valence-corrected chi connectivity index (χ3v) is 3.57. The molecule has 0 radical (unpaired) electrons. The number of nitrogens with one attached hydrogen (secondary N) is 1. The van der Waals surface area contributed by atoms with Crippen molar-refractivity contribution >= 4 is 17.6 Å². The molecule has 0 fully saturated rings. The van der Waals surface area contributed by atoms with Gasteiger partial charge in [-0.05, 0) is 30.3 Å². The van der Waals surface area contributed by atoms with E-state index in [2.05, 4.69) is 15.5 Å². The molecule has 10 nitrogen and oxygen atoms in total. The maximum absolute atomic E-state index is 12.3. The molecule has 3 heterocycles. The lowest BCUT2D eigenvalue weighted by Crippen LogP contribution is -2.11. The van der Waals surface area contributed by atoms with Crippen molar-refractivity contribution in [2.24, 2.45) is 0 Å². The van der Waals surface area contributed by atoms with Gasteiger partial charge in [-0.1, -0.05) is 17.2 Å². The molecule has 134 valence electrons. The van der Waals surface area contributed by atoms with Crippen LogP contribution in [0.5, 0.6) is 0 Å². The van der Waals surface area contributed by atoms with E-state index >= 15 is 0 Å². The molecule has 0 aliphatic rings. The molecule has 1 N–H and O–H groups in total. The van der Waals surface area contributed by atoms with E-state index in [1.807, 2.05) is 0 Å². The van der Waals surface area contributed by atoms with Gasteiger partial charge in [0.25, 0.3) is 17.5 Å². The Hall–Kier alpha value is -4.21. The molecule has 27 heavy (non-hydrogen) atoms. The second-order valence-corrected chi connectivity index (χ2v) is 5.28. The van der Waals surface area contributed by atoms with Gasteiger partial charge in [0.2, 0.25) is 0 Å². The molecule has 0 aliphatic carbocycles. The molecular weight excluding hydrogens is 356 g/mol. The first-order valence-electron chi connectivity index (χ1n) is 7.64. The molecule has 1 aromatic carbocycles. The predicted molar refractivity (Wildman–Crippen MR) is 90.8 cm³/mol. The van der Waals surface area contributed by atoms with Crippen LogP contribution in [0.4, 0.5) is 11.7 Å². The van der Waals surface area contributed by atoms with Gasteiger partial charge < -0.3 is 13.3 Å². The first-order chi connectivity index (χ1) is 13.1. The summed E-state index contributed by atoms with van der Waals surface area (Å²) in [4.78, 5) is 22.9. The van der Waals surface area contributed by atoms with E-state index in [9.17, 15) is 14.9 Å². The van der Waals surface area contributed by atoms with Crippen LogP contribution in [0, 0.1) is 10.1 Å². The molecule has 4 rings (SSSR count). The highest BCUT2D eigenvalue weighted by Crippen LogP contribution is 2.31. The Kier molecular flexibility index (Phi) is 3.97. The number of hydrogen-bond acceptors (Lipinski definition) is 8. The summed E-state index contributed by atoms with van der Waals surface area (Å²) in [6.45, 7) is 0. The van der Waals surface area contributed by atoms with Crippen molar-refractivity contribution in [1.82, 2.24) is 10.2 Å². The Balaban J connectivity index is 1.54. The molecule has 0 unspecified atom stereocenters. The molecule has 0 aliphatic heterocycles. The number of para-hydroxylation sites is 1. The fraction of sp³-hybridized carbons (Fsp3) is 0. The average Bonchev–Trinajstić information content (AvgIpc) is 3.42. The number of carbonyl (C=O) groups excluding carboxylic acids is 1. The number of hydrogen-bond donors (Lipinski definition) is 1. The summed E-state index contributed by atoms with van der Waals surface area (Å²) in [5.41, 5.74) is 0.137. The summed E-state index contributed by atoms with van der Waals surface area (Å²) in [5.74, 6) is -0.0559. The summed E-state index contributed by atoms with van der Waals surface area (Å²) in [6.07, 6.45) is 1.45. The van der Waals surface area contributed by atoms with Crippen LogP contribution in [0.25, 0.3) is 23.0 Å². The third-order valence-electron chi connectivity index (χ3n) is 3.57. The van der Waals surface area contributed by atoms with Crippen molar-refractivity contribution in [2.45, 2.75) is 0 Å². The summed E-state index contributed by atoms with van der Waals surface area (Å²) < 4.78 is 15.9. The minimum atomic E-state index is -0.644.